The summed E-state index contributed by atoms with van der Waals surface area (Å²) in [5, 5.41) is 13.8. The van der Waals surface area contributed by atoms with Gasteiger partial charge in [0.25, 0.3) is 0 Å². The summed E-state index contributed by atoms with van der Waals surface area (Å²) in [4.78, 5) is 61.3. The number of pyridine rings is 1. The van der Waals surface area contributed by atoms with E-state index in [1.807, 2.05) is 67.3 Å². The predicted molar refractivity (Wildman–Crippen MR) is 269 cm³/mol. The number of methoxy groups -OCH3 is 1. The molecule has 5 aromatic rings. The molecule has 0 bridgehead atoms. The first kappa shape index (κ1) is 54.2. The number of fused-ring (bicyclic) bond motifs is 1. The topological polar surface area (TPSA) is 186 Å². The van der Waals surface area contributed by atoms with Crippen molar-refractivity contribution in [1.29, 1.82) is 0 Å². The summed E-state index contributed by atoms with van der Waals surface area (Å²) < 4.78 is 68.3. The number of halogens is 3. The molecule has 0 aliphatic carbocycles. The second-order valence-electron chi connectivity index (χ2n) is 20.4. The molecule has 4 heterocycles. The number of aromatic nitrogens is 2. The summed E-state index contributed by atoms with van der Waals surface area (Å²) in [5.41, 5.74) is 9.37. The van der Waals surface area contributed by atoms with Crippen molar-refractivity contribution >= 4 is 40.7 Å². The van der Waals surface area contributed by atoms with Crippen LogP contribution in [-0.2, 0) is 54.5 Å². The van der Waals surface area contributed by atoms with E-state index in [9.17, 15) is 37.5 Å². The number of hydrazine groups is 1. The van der Waals surface area contributed by atoms with Gasteiger partial charge < -0.3 is 43.7 Å². The van der Waals surface area contributed by atoms with Gasteiger partial charge in [-0.15, -0.1) is 0 Å². The fourth-order valence-electron chi connectivity index (χ4n) is 9.03. The van der Waals surface area contributed by atoms with Crippen molar-refractivity contribution in [3.63, 3.8) is 0 Å². The summed E-state index contributed by atoms with van der Waals surface area (Å²) in [6.07, 6.45) is -3.75. The first-order chi connectivity index (χ1) is 34.6. The van der Waals surface area contributed by atoms with Crippen molar-refractivity contribution in [2.24, 2.45) is 5.41 Å². The normalized spacial score (nSPS) is 16.5. The van der Waals surface area contributed by atoms with E-state index in [0.29, 0.717) is 95.7 Å². The van der Waals surface area contributed by atoms with Crippen LogP contribution in [0, 0.1) is 5.41 Å². The molecule has 0 spiro atoms. The maximum absolute atomic E-state index is 15.0. The van der Waals surface area contributed by atoms with Gasteiger partial charge in [0.15, 0.2) is 0 Å². The largest absolute Gasteiger partial charge is 0.445 e. The fourth-order valence-corrected chi connectivity index (χ4v) is 9.03. The third-order valence-electron chi connectivity index (χ3n) is 12.8. The van der Waals surface area contributed by atoms with Crippen LogP contribution in [0.15, 0.2) is 85.1 Å². The third kappa shape index (κ3) is 14.2. The summed E-state index contributed by atoms with van der Waals surface area (Å²) in [6, 6.07) is 21.5. The number of alkyl carbamates (subject to hydrolysis) is 1. The maximum atomic E-state index is 15.0. The van der Waals surface area contributed by atoms with Crippen LogP contribution in [0.5, 0.6) is 0 Å². The molecule has 392 valence electrons. The Morgan fingerprint density at radius 1 is 0.904 bits per heavy atom. The van der Waals surface area contributed by atoms with Gasteiger partial charge in [0.1, 0.15) is 30.8 Å². The molecule has 19 heteroatoms. The number of amides is 2. The zero-order chi connectivity index (χ0) is 52.7. The first-order valence-corrected chi connectivity index (χ1v) is 24.5. The quantitative estimate of drug-likeness (QED) is 0.0420. The Morgan fingerprint density at radius 2 is 1.62 bits per heavy atom. The minimum atomic E-state index is -4.65. The van der Waals surface area contributed by atoms with Crippen LogP contribution < -0.4 is 21.1 Å². The van der Waals surface area contributed by atoms with Crippen LogP contribution in [0.2, 0.25) is 0 Å². The number of benzene rings is 3. The van der Waals surface area contributed by atoms with Crippen molar-refractivity contribution < 1.29 is 56.4 Å². The van der Waals surface area contributed by atoms with Crippen molar-refractivity contribution in [1.82, 2.24) is 30.6 Å². The van der Waals surface area contributed by atoms with Crippen LogP contribution in [0.25, 0.3) is 33.3 Å². The van der Waals surface area contributed by atoms with Crippen molar-refractivity contribution in [3.05, 3.63) is 107 Å². The third-order valence-corrected chi connectivity index (χ3v) is 12.8. The monoisotopic (exact) mass is 1010 g/mol. The van der Waals surface area contributed by atoms with E-state index in [-0.39, 0.29) is 31.7 Å². The van der Waals surface area contributed by atoms with E-state index >= 15 is 0 Å². The average Bonchev–Trinajstić information content (AvgIpc) is 3.64. The average molecular weight is 1010 g/mol. The minimum Gasteiger partial charge on any atom is -0.445 e. The number of alkyl halides is 3. The van der Waals surface area contributed by atoms with Crippen LogP contribution >= 0.6 is 0 Å². The zero-order valence-corrected chi connectivity index (χ0v) is 42.4. The number of rotatable bonds is 16. The van der Waals surface area contributed by atoms with Crippen LogP contribution in [0.1, 0.15) is 82.9 Å². The highest BCUT2D eigenvalue weighted by atomic mass is 19.4. The number of aliphatic hydroxyl groups excluding tert-OH is 1. The molecule has 2 aromatic heterocycles. The van der Waals surface area contributed by atoms with E-state index in [0.717, 1.165) is 5.56 Å². The number of nitrogens with zero attached hydrogens (tertiary/aromatic N) is 4. The Balaban J connectivity index is 1.26. The molecular formula is C54H66F3N7O9. The summed E-state index contributed by atoms with van der Waals surface area (Å²) in [6.45, 7) is 11.2. The molecule has 2 aliphatic rings. The van der Waals surface area contributed by atoms with E-state index in [2.05, 4.69) is 16.2 Å². The number of nitrogens with one attached hydrogen (secondary N) is 3. The molecule has 1 unspecified atom stereocenters. The zero-order valence-electron chi connectivity index (χ0n) is 42.4. The van der Waals surface area contributed by atoms with Gasteiger partial charge in [0.2, 0.25) is 0 Å². The number of hydrogen-bond acceptors (Lipinski definition) is 13. The highest BCUT2D eigenvalue weighted by Gasteiger charge is 2.36. The molecule has 2 fully saturated rings. The second kappa shape index (κ2) is 23.1. The van der Waals surface area contributed by atoms with Gasteiger partial charge in [-0.05, 0) is 98.4 Å². The van der Waals surface area contributed by atoms with Gasteiger partial charge in [-0.3, -0.25) is 10.4 Å². The number of carbonyl (C=O) groups excluding carboxylic acids is 4. The van der Waals surface area contributed by atoms with E-state index in [1.165, 1.54) is 11.7 Å². The Hall–Kier alpha value is -6.54. The molecule has 2 saturated heterocycles. The molecule has 2 amide bonds. The van der Waals surface area contributed by atoms with Gasteiger partial charge in [0, 0.05) is 69.3 Å². The van der Waals surface area contributed by atoms with Crippen LogP contribution in [0.3, 0.4) is 0 Å². The molecule has 4 N–H and O–H groups in total. The number of anilines is 1. The number of esters is 2. The van der Waals surface area contributed by atoms with Gasteiger partial charge in [0.05, 0.1) is 29.4 Å². The molecule has 3 aromatic carbocycles. The predicted octanol–water partition coefficient (Wildman–Crippen LogP) is 8.42. The van der Waals surface area contributed by atoms with Crippen molar-refractivity contribution in [3.8, 4) is 22.4 Å². The van der Waals surface area contributed by atoms with E-state index in [4.69, 9.17) is 23.9 Å². The van der Waals surface area contributed by atoms with Gasteiger partial charge >= 0.3 is 30.3 Å². The standard InChI is InChI=1S/C54H66F3N7O9/c1-34(70-7)46-41(28-39(30-58-46)62-21-23-63(24-22-62)51(69)71-31-35-13-9-8-10-14-35)47-42(29-53(5,6)33-65)40-27-38(18-19-45(40)64(47)32-54(55,56)57)37-16-11-15-36(25-37)26-44(60-50(68)73-52(2,3)4)49(67)72-48(66)43-17-12-20-59-61-43/h8-11,13-16,18-19,25,27-28,30,34,43-44,59,61,65H,12,17,20-24,26,29,31-33H2,1-7H3,(H,60,68)/t34-,43?,44-/m0/s1. The fraction of sp³-hybridized carbons (Fsp3) is 0.463. The highest BCUT2D eigenvalue weighted by Crippen LogP contribution is 2.44. The summed E-state index contributed by atoms with van der Waals surface area (Å²) in [7, 11) is 1.51. The Labute approximate surface area is 423 Å². The number of ether oxygens (including phenoxy) is 4. The maximum Gasteiger partial charge on any atom is 0.410 e. The highest BCUT2D eigenvalue weighted by molar-refractivity contribution is 5.96. The molecule has 3 atom stereocenters. The number of piperazine rings is 1. The first-order valence-electron chi connectivity index (χ1n) is 24.5. The number of hydrogen-bond donors (Lipinski definition) is 4. The van der Waals surface area contributed by atoms with Crippen LogP contribution in [0.4, 0.5) is 28.4 Å². The van der Waals surface area contributed by atoms with Crippen molar-refractivity contribution in [2.45, 2.75) is 110 Å². The second-order valence-corrected chi connectivity index (χ2v) is 20.4. The van der Waals surface area contributed by atoms with Gasteiger partial charge in [-0.2, -0.15) is 13.2 Å². The lowest BCUT2D eigenvalue weighted by molar-refractivity contribution is -0.163. The lowest BCUT2D eigenvalue weighted by Crippen LogP contribution is -2.52. The minimum absolute atomic E-state index is 0.100. The molecule has 16 nitrogen and oxygen atoms in total. The molecular weight excluding hydrogens is 948 g/mol. The summed E-state index contributed by atoms with van der Waals surface area (Å²) >= 11 is 0. The van der Waals surface area contributed by atoms with E-state index in [1.54, 1.807) is 69.1 Å². The molecule has 2 aliphatic heterocycles. The molecule has 0 radical (unpaired) electrons. The molecule has 73 heavy (non-hydrogen) atoms. The smallest absolute Gasteiger partial charge is 0.410 e. The Kier molecular flexibility index (Phi) is 17.2. The lowest BCUT2D eigenvalue weighted by Gasteiger charge is -2.35. The lowest BCUT2D eigenvalue weighted by atomic mass is 9.84. The SMILES string of the molecule is CO[C@@H](C)c1ncc(N2CCN(C(=O)OCc3ccccc3)CC2)cc1-c1c(CC(C)(C)CO)c2cc(-c3cccc(C[C@H](NC(=O)OC(C)(C)C)C(=O)OC(=O)C4CCCNN4)c3)ccc2n1CC(F)(F)F. The Bertz CT molecular complexity index is 2750. The molecule has 7 rings (SSSR count). The Morgan fingerprint density at radius 3 is 2.27 bits per heavy atom. The van der Waals surface area contributed by atoms with Gasteiger partial charge in [-0.1, -0.05) is 74.5 Å². The van der Waals surface area contributed by atoms with Crippen molar-refractivity contribution in [2.75, 3.05) is 51.3 Å². The summed E-state index contributed by atoms with van der Waals surface area (Å²) in [5.74, 6) is -1.78. The van der Waals surface area contributed by atoms with Crippen LogP contribution in [-0.4, -0.2) is 114 Å². The van der Waals surface area contributed by atoms with Gasteiger partial charge in [-0.25, -0.2) is 24.6 Å². The number of aliphatic hydroxyl groups is 1. The van der Waals surface area contributed by atoms with E-state index < -0.39 is 66.0 Å². The molecule has 0 saturated carbocycles. The number of carbonyl (C=O) groups is 4.